The zero-order valence-corrected chi connectivity index (χ0v) is 15.2. The number of nitrogens with two attached hydrogens (primary N) is 1. The van der Waals surface area contributed by atoms with Crippen molar-refractivity contribution in [2.24, 2.45) is 5.73 Å². The highest BCUT2D eigenvalue weighted by atomic mass is 19.4. The number of carbonyl (C=O) groups excluding carboxylic acids is 1. The number of halogens is 4. The molecular formula is C21H17F4N3O. The van der Waals surface area contributed by atoms with Crippen molar-refractivity contribution in [3.05, 3.63) is 82.9 Å². The van der Waals surface area contributed by atoms with Gasteiger partial charge in [-0.25, -0.2) is 9.07 Å². The van der Waals surface area contributed by atoms with Gasteiger partial charge in [-0.05, 0) is 54.3 Å². The van der Waals surface area contributed by atoms with Gasteiger partial charge >= 0.3 is 6.18 Å². The fraction of sp³-hybridized carbons (Fsp3) is 0.238. The number of hydrogen-bond donors (Lipinski definition) is 1. The van der Waals surface area contributed by atoms with Crippen molar-refractivity contribution < 1.29 is 22.4 Å². The summed E-state index contributed by atoms with van der Waals surface area (Å²) in [5.41, 5.74) is 6.69. The number of nitrogens with zero attached hydrogens (tertiary/aromatic N) is 2. The largest absolute Gasteiger partial charge is 0.435 e. The van der Waals surface area contributed by atoms with Crippen LogP contribution in [0.5, 0.6) is 0 Å². The second kappa shape index (κ2) is 7.02. The molecule has 0 spiro atoms. The minimum Gasteiger partial charge on any atom is -0.369 e. The number of primary amides is 1. The van der Waals surface area contributed by atoms with Gasteiger partial charge in [-0.3, -0.25) is 4.79 Å². The second-order valence-electron chi connectivity index (χ2n) is 7.12. The number of benzene rings is 2. The lowest BCUT2D eigenvalue weighted by Crippen LogP contribution is -2.22. The van der Waals surface area contributed by atoms with Gasteiger partial charge in [-0.2, -0.15) is 18.3 Å². The molecule has 2 N–H and O–H groups in total. The van der Waals surface area contributed by atoms with Gasteiger partial charge in [-0.15, -0.1) is 0 Å². The van der Waals surface area contributed by atoms with Crippen LogP contribution >= 0.6 is 0 Å². The van der Waals surface area contributed by atoms with Crippen LogP contribution in [0.3, 0.4) is 0 Å². The molecule has 4 nitrogen and oxygen atoms in total. The van der Waals surface area contributed by atoms with Crippen LogP contribution in [0.4, 0.5) is 17.6 Å². The first-order valence-electron chi connectivity index (χ1n) is 9.06. The average molecular weight is 403 g/mol. The maximum atomic E-state index is 13.2. The third kappa shape index (κ3) is 3.87. The van der Waals surface area contributed by atoms with Gasteiger partial charge in [-0.1, -0.05) is 24.3 Å². The van der Waals surface area contributed by atoms with Gasteiger partial charge in [0.05, 0.1) is 11.6 Å². The molecule has 1 atom stereocenters. The summed E-state index contributed by atoms with van der Waals surface area (Å²) in [6.45, 7) is 0. The lowest BCUT2D eigenvalue weighted by atomic mass is 9.90. The van der Waals surface area contributed by atoms with Crippen molar-refractivity contribution >= 4 is 5.91 Å². The molecule has 4 rings (SSSR count). The van der Waals surface area contributed by atoms with Crippen molar-refractivity contribution in [1.82, 2.24) is 9.78 Å². The minimum atomic E-state index is -4.52. The molecule has 1 amide bonds. The molecule has 0 saturated heterocycles. The van der Waals surface area contributed by atoms with E-state index in [1.807, 2.05) is 0 Å². The monoisotopic (exact) mass is 403 g/mol. The molecule has 1 heterocycles. The first-order valence-corrected chi connectivity index (χ1v) is 9.06. The zero-order valence-electron chi connectivity index (χ0n) is 15.2. The summed E-state index contributed by atoms with van der Waals surface area (Å²) in [6.07, 6.45) is -2.86. The van der Waals surface area contributed by atoms with Gasteiger partial charge in [0.25, 0.3) is 0 Å². The van der Waals surface area contributed by atoms with Crippen molar-refractivity contribution in [2.75, 3.05) is 0 Å². The number of rotatable bonds is 5. The number of amides is 1. The minimum absolute atomic E-state index is 0.0656. The summed E-state index contributed by atoms with van der Waals surface area (Å²) >= 11 is 0. The molecule has 29 heavy (non-hydrogen) atoms. The average Bonchev–Trinajstić information content (AvgIpc) is 3.41. The summed E-state index contributed by atoms with van der Waals surface area (Å²) in [5.74, 6) is -1.77. The lowest BCUT2D eigenvalue weighted by Gasteiger charge is -2.15. The SMILES string of the molecule is NC(=O)[C@@H](c1ccc(F)cc1)c1ccc(-n2nc(C(F)(F)F)cc2C2CC2)cc1. The van der Waals surface area contributed by atoms with E-state index >= 15 is 0 Å². The molecule has 1 aliphatic carbocycles. The smallest absolute Gasteiger partial charge is 0.369 e. The van der Waals surface area contributed by atoms with E-state index < -0.39 is 29.5 Å². The molecule has 0 unspecified atom stereocenters. The van der Waals surface area contributed by atoms with Gasteiger partial charge in [0.1, 0.15) is 5.82 Å². The molecule has 1 saturated carbocycles. The van der Waals surface area contributed by atoms with Crippen LogP contribution in [0.1, 0.15) is 47.2 Å². The summed E-state index contributed by atoms with van der Waals surface area (Å²) in [4.78, 5) is 12.0. The lowest BCUT2D eigenvalue weighted by molar-refractivity contribution is -0.141. The molecule has 0 aliphatic heterocycles. The quantitative estimate of drug-likeness (QED) is 0.637. The van der Waals surface area contributed by atoms with E-state index in [4.69, 9.17) is 5.73 Å². The number of aromatic nitrogens is 2. The summed E-state index contributed by atoms with van der Waals surface area (Å²) in [6, 6.07) is 13.0. The highest BCUT2D eigenvalue weighted by molar-refractivity contribution is 5.85. The maximum absolute atomic E-state index is 13.2. The molecule has 2 aromatic carbocycles. The Labute approximate surface area is 164 Å². The van der Waals surface area contributed by atoms with Crippen molar-refractivity contribution in [3.63, 3.8) is 0 Å². The van der Waals surface area contributed by atoms with E-state index in [1.165, 1.54) is 28.9 Å². The van der Waals surface area contributed by atoms with Gasteiger partial charge in [0, 0.05) is 11.6 Å². The van der Waals surface area contributed by atoms with E-state index in [2.05, 4.69) is 5.10 Å². The predicted molar refractivity (Wildman–Crippen MR) is 98.0 cm³/mol. The summed E-state index contributed by atoms with van der Waals surface area (Å²) in [5, 5.41) is 3.75. The highest BCUT2D eigenvalue weighted by Gasteiger charge is 2.38. The van der Waals surface area contributed by atoms with Gasteiger partial charge < -0.3 is 5.73 Å². The first-order chi connectivity index (χ1) is 13.7. The fourth-order valence-electron chi connectivity index (χ4n) is 3.39. The van der Waals surface area contributed by atoms with E-state index in [0.717, 1.165) is 18.9 Å². The third-order valence-electron chi connectivity index (χ3n) is 4.98. The zero-order chi connectivity index (χ0) is 20.8. The Morgan fingerprint density at radius 1 is 1.03 bits per heavy atom. The van der Waals surface area contributed by atoms with Gasteiger partial charge in [0.15, 0.2) is 5.69 Å². The van der Waals surface area contributed by atoms with E-state index in [0.29, 0.717) is 22.5 Å². The van der Waals surface area contributed by atoms with Crippen LogP contribution in [-0.4, -0.2) is 15.7 Å². The molecular weight excluding hydrogens is 386 g/mol. The Morgan fingerprint density at radius 3 is 2.07 bits per heavy atom. The Morgan fingerprint density at radius 2 is 1.59 bits per heavy atom. The third-order valence-corrected chi connectivity index (χ3v) is 4.98. The molecule has 1 aromatic heterocycles. The van der Waals surface area contributed by atoms with E-state index in [-0.39, 0.29) is 5.92 Å². The Bertz CT molecular complexity index is 1040. The highest BCUT2D eigenvalue weighted by Crippen LogP contribution is 2.43. The predicted octanol–water partition coefficient (Wildman–Crippen LogP) is 4.52. The van der Waals surface area contributed by atoms with E-state index in [1.54, 1.807) is 24.3 Å². The molecule has 0 bridgehead atoms. The number of hydrogen-bond acceptors (Lipinski definition) is 2. The van der Waals surface area contributed by atoms with Crippen molar-refractivity contribution in [3.8, 4) is 5.69 Å². The Hall–Kier alpha value is -3.16. The van der Waals surface area contributed by atoms with Crippen molar-refractivity contribution in [1.29, 1.82) is 0 Å². The molecule has 1 aliphatic rings. The number of carbonyl (C=O) groups is 1. The summed E-state index contributed by atoms with van der Waals surface area (Å²) in [7, 11) is 0. The maximum Gasteiger partial charge on any atom is 0.435 e. The first kappa shape index (κ1) is 19.2. The fourth-order valence-corrected chi connectivity index (χ4v) is 3.39. The normalized spacial score (nSPS) is 15.3. The number of alkyl halides is 3. The molecule has 1 fully saturated rings. The van der Waals surface area contributed by atoms with Crippen LogP contribution in [0.15, 0.2) is 54.6 Å². The van der Waals surface area contributed by atoms with Crippen molar-refractivity contribution in [2.45, 2.75) is 30.9 Å². The van der Waals surface area contributed by atoms with Crippen LogP contribution in [0, 0.1) is 5.82 Å². The molecule has 8 heteroatoms. The standard InChI is InChI=1S/C21H17F4N3O/c22-15-7-3-13(4-8-15)19(20(26)29)14-5-9-16(10-6-14)28-17(12-1-2-12)11-18(27-28)21(23,24)25/h3-12,19H,1-2H2,(H2,26,29)/t19-/m0/s1. The second-order valence-corrected chi connectivity index (χ2v) is 7.12. The molecule has 150 valence electrons. The van der Waals surface area contributed by atoms with Crippen LogP contribution < -0.4 is 5.73 Å². The van der Waals surface area contributed by atoms with Crippen LogP contribution in [0.25, 0.3) is 5.69 Å². The van der Waals surface area contributed by atoms with Gasteiger partial charge in [0.2, 0.25) is 5.91 Å². The van der Waals surface area contributed by atoms with E-state index in [9.17, 15) is 22.4 Å². The topological polar surface area (TPSA) is 60.9 Å². The Kier molecular flexibility index (Phi) is 4.64. The summed E-state index contributed by atoms with van der Waals surface area (Å²) < 4.78 is 53.8. The van der Waals surface area contributed by atoms with Crippen LogP contribution in [0.2, 0.25) is 0 Å². The Balaban J connectivity index is 1.70. The molecule has 0 radical (unpaired) electrons. The molecule has 3 aromatic rings. The van der Waals surface area contributed by atoms with Crippen LogP contribution in [-0.2, 0) is 11.0 Å².